The van der Waals surface area contributed by atoms with Gasteiger partial charge in [-0.15, -0.1) is 0 Å². The maximum Gasteiger partial charge on any atom is 0.119 e. The van der Waals surface area contributed by atoms with E-state index in [1.165, 1.54) is 16.7 Å². The molecule has 0 saturated carbocycles. The van der Waals surface area contributed by atoms with Crippen LogP contribution in [0.2, 0.25) is 0 Å². The fraction of sp³-hybridized carbons (Fsp3) is 0.333. The molecule has 2 aromatic rings. The number of aryl methyl sites for hydroxylation is 1. The molecule has 0 saturated heterocycles. The summed E-state index contributed by atoms with van der Waals surface area (Å²) < 4.78 is 5.57. The first-order valence-corrected chi connectivity index (χ1v) is 7.21. The van der Waals surface area contributed by atoms with Crippen molar-refractivity contribution in [1.29, 1.82) is 0 Å². The Hall–Kier alpha value is -1.80. The molecule has 0 spiro atoms. The topological polar surface area (TPSA) is 35.2 Å². The molecule has 0 radical (unpaired) electrons. The van der Waals surface area contributed by atoms with E-state index in [0.717, 1.165) is 12.2 Å². The lowest BCUT2D eigenvalue weighted by Crippen LogP contribution is -2.15. The first-order chi connectivity index (χ1) is 9.72. The van der Waals surface area contributed by atoms with E-state index < -0.39 is 0 Å². The lowest BCUT2D eigenvalue weighted by Gasteiger charge is -2.17. The van der Waals surface area contributed by atoms with Gasteiger partial charge in [0.25, 0.3) is 0 Å². The third-order valence-electron chi connectivity index (χ3n) is 3.49. The predicted octanol–water partition coefficient (Wildman–Crippen LogP) is 3.68. The molecule has 0 aliphatic rings. The Labute approximate surface area is 121 Å². The zero-order valence-corrected chi connectivity index (χ0v) is 12.3. The second kappa shape index (κ2) is 7.11. The Balaban J connectivity index is 2.17. The SMILES string of the molecule is CCOc1cccc(C(CN)Cc2cccc(C)c2)c1. The summed E-state index contributed by atoms with van der Waals surface area (Å²) in [6, 6.07) is 16.9. The molecule has 1 unspecified atom stereocenters. The van der Waals surface area contributed by atoms with E-state index in [4.69, 9.17) is 10.5 Å². The average molecular weight is 269 g/mol. The van der Waals surface area contributed by atoms with Gasteiger partial charge in [0.2, 0.25) is 0 Å². The van der Waals surface area contributed by atoms with Crippen LogP contribution in [0.3, 0.4) is 0 Å². The molecule has 20 heavy (non-hydrogen) atoms. The highest BCUT2D eigenvalue weighted by Crippen LogP contribution is 2.24. The maximum absolute atomic E-state index is 5.97. The number of rotatable bonds is 6. The molecule has 0 amide bonds. The lowest BCUT2D eigenvalue weighted by atomic mass is 9.91. The van der Waals surface area contributed by atoms with Crippen LogP contribution >= 0.6 is 0 Å². The highest BCUT2D eigenvalue weighted by molar-refractivity contribution is 5.33. The van der Waals surface area contributed by atoms with Gasteiger partial charge >= 0.3 is 0 Å². The first-order valence-electron chi connectivity index (χ1n) is 7.21. The van der Waals surface area contributed by atoms with Gasteiger partial charge in [0.05, 0.1) is 6.61 Å². The summed E-state index contributed by atoms with van der Waals surface area (Å²) in [5, 5.41) is 0. The predicted molar refractivity (Wildman–Crippen MR) is 84.3 cm³/mol. The summed E-state index contributed by atoms with van der Waals surface area (Å²) in [5.74, 6) is 1.25. The van der Waals surface area contributed by atoms with E-state index >= 15 is 0 Å². The molecule has 2 rings (SSSR count). The summed E-state index contributed by atoms with van der Waals surface area (Å²) in [6.07, 6.45) is 0.966. The van der Waals surface area contributed by atoms with E-state index in [1.54, 1.807) is 0 Å². The molecule has 0 aromatic heterocycles. The van der Waals surface area contributed by atoms with Crippen LogP contribution in [-0.4, -0.2) is 13.2 Å². The highest BCUT2D eigenvalue weighted by Gasteiger charge is 2.11. The molecular formula is C18H23NO. The maximum atomic E-state index is 5.97. The van der Waals surface area contributed by atoms with Gasteiger partial charge in [-0.05, 0) is 50.1 Å². The summed E-state index contributed by atoms with van der Waals surface area (Å²) in [7, 11) is 0. The molecule has 0 fully saturated rings. The van der Waals surface area contributed by atoms with Crippen molar-refractivity contribution in [2.24, 2.45) is 5.73 Å². The number of ether oxygens (including phenoxy) is 1. The van der Waals surface area contributed by atoms with Crippen molar-refractivity contribution in [3.8, 4) is 5.75 Å². The number of hydrogen-bond acceptors (Lipinski definition) is 2. The van der Waals surface area contributed by atoms with Gasteiger partial charge in [0.1, 0.15) is 5.75 Å². The number of benzene rings is 2. The van der Waals surface area contributed by atoms with Crippen molar-refractivity contribution in [2.45, 2.75) is 26.2 Å². The van der Waals surface area contributed by atoms with Crippen molar-refractivity contribution in [1.82, 2.24) is 0 Å². The first kappa shape index (κ1) is 14.6. The van der Waals surface area contributed by atoms with E-state index in [0.29, 0.717) is 19.1 Å². The van der Waals surface area contributed by atoms with Crippen LogP contribution in [0.25, 0.3) is 0 Å². The minimum atomic E-state index is 0.331. The Kier molecular flexibility index (Phi) is 5.19. The highest BCUT2D eigenvalue weighted by atomic mass is 16.5. The Bertz CT molecular complexity index is 551. The van der Waals surface area contributed by atoms with Crippen LogP contribution in [0, 0.1) is 6.92 Å². The van der Waals surface area contributed by atoms with Gasteiger partial charge < -0.3 is 10.5 Å². The minimum Gasteiger partial charge on any atom is -0.494 e. The van der Waals surface area contributed by atoms with Gasteiger partial charge in [-0.1, -0.05) is 42.0 Å². The molecule has 2 nitrogen and oxygen atoms in total. The van der Waals surface area contributed by atoms with E-state index in [9.17, 15) is 0 Å². The third-order valence-corrected chi connectivity index (χ3v) is 3.49. The van der Waals surface area contributed by atoms with Crippen molar-refractivity contribution in [3.05, 3.63) is 65.2 Å². The van der Waals surface area contributed by atoms with Crippen LogP contribution in [0.1, 0.15) is 29.5 Å². The molecular weight excluding hydrogens is 246 g/mol. The molecule has 2 heteroatoms. The minimum absolute atomic E-state index is 0.331. The summed E-state index contributed by atoms with van der Waals surface area (Å²) in [5.41, 5.74) is 9.85. The van der Waals surface area contributed by atoms with Crippen LogP contribution in [0.5, 0.6) is 5.75 Å². The zero-order valence-electron chi connectivity index (χ0n) is 12.3. The molecule has 0 heterocycles. The van der Waals surface area contributed by atoms with Crippen molar-refractivity contribution >= 4 is 0 Å². The fourth-order valence-electron chi connectivity index (χ4n) is 2.49. The summed E-state index contributed by atoms with van der Waals surface area (Å²) in [6.45, 7) is 5.45. The van der Waals surface area contributed by atoms with E-state index in [1.807, 2.05) is 19.1 Å². The lowest BCUT2D eigenvalue weighted by molar-refractivity contribution is 0.339. The van der Waals surface area contributed by atoms with E-state index in [-0.39, 0.29) is 0 Å². The Morgan fingerprint density at radius 2 is 1.90 bits per heavy atom. The van der Waals surface area contributed by atoms with Gasteiger partial charge in [-0.3, -0.25) is 0 Å². The second-order valence-electron chi connectivity index (χ2n) is 5.13. The average Bonchev–Trinajstić information content (AvgIpc) is 2.45. The molecule has 2 N–H and O–H groups in total. The van der Waals surface area contributed by atoms with Gasteiger partial charge in [-0.2, -0.15) is 0 Å². The van der Waals surface area contributed by atoms with Crippen molar-refractivity contribution in [3.63, 3.8) is 0 Å². The molecule has 0 bridgehead atoms. The fourth-order valence-corrected chi connectivity index (χ4v) is 2.49. The van der Waals surface area contributed by atoms with Crippen LogP contribution < -0.4 is 10.5 Å². The standard InChI is InChI=1S/C18H23NO/c1-3-20-18-9-5-8-16(12-18)17(13-19)11-15-7-4-6-14(2)10-15/h4-10,12,17H,3,11,13,19H2,1-2H3. The molecule has 0 aliphatic heterocycles. The van der Waals surface area contributed by atoms with E-state index in [2.05, 4.69) is 43.3 Å². The smallest absolute Gasteiger partial charge is 0.119 e. The summed E-state index contributed by atoms with van der Waals surface area (Å²) in [4.78, 5) is 0. The quantitative estimate of drug-likeness (QED) is 0.868. The summed E-state index contributed by atoms with van der Waals surface area (Å²) >= 11 is 0. The monoisotopic (exact) mass is 269 g/mol. The molecule has 1 atom stereocenters. The van der Waals surface area contributed by atoms with Gasteiger partial charge in [0, 0.05) is 5.92 Å². The molecule has 0 aliphatic carbocycles. The largest absolute Gasteiger partial charge is 0.494 e. The second-order valence-corrected chi connectivity index (χ2v) is 5.13. The molecule has 106 valence electrons. The van der Waals surface area contributed by atoms with Crippen molar-refractivity contribution < 1.29 is 4.74 Å². The normalized spacial score (nSPS) is 12.2. The van der Waals surface area contributed by atoms with Crippen LogP contribution in [0.15, 0.2) is 48.5 Å². The Morgan fingerprint density at radius 3 is 2.60 bits per heavy atom. The molecule has 2 aromatic carbocycles. The zero-order chi connectivity index (χ0) is 14.4. The van der Waals surface area contributed by atoms with Crippen LogP contribution in [0.4, 0.5) is 0 Å². The van der Waals surface area contributed by atoms with Crippen molar-refractivity contribution in [2.75, 3.05) is 13.2 Å². The number of nitrogens with two attached hydrogens (primary N) is 1. The van der Waals surface area contributed by atoms with Crippen LogP contribution in [-0.2, 0) is 6.42 Å². The Morgan fingerprint density at radius 1 is 1.10 bits per heavy atom. The number of hydrogen-bond donors (Lipinski definition) is 1. The third kappa shape index (κ3) is 3.84. The van der Waals surface area contributed by atoms with Gasteiger partial charge in [0.15, 0.2) is 0 Å². The van der Waals surface area contributed by atoms with Gasteiger partial charge in [-0.25, -0.2) is 0 Å².